The summed E-state index contributed by atoms with van der Waals surface area (Å²) in [5.41, 5.74) is 0. The average Bonchev–Trinajstić information content (AvgIpc) is 1.62. The molecule has 0 unspecified atom stereocenters. The van der Waals surface area contributed by atoms with Crippen LogP contribution in [0.1, 0.15) is 6.92 Å². The Morgan fingerprint density at radius 1 is 1.67 bits per heavy atom. The van der Waals surface area contributed by atoms with Crippen molar-refractivity contribution in [2.45, 2.75) is 13.0 Å². The number of hydrogen-bond donors (Lipinski definition) is 1. The molecule has 0 heterocycles. The van der Waals surface area contributed by atoms with Gasteiger partial charge in [-0.15, -0.1) is 0 Å². The molecule has 0 saturated heterocycles. The predicted octanol–water partition coefficient (Wildman–Crippen LogP) is -0.552. The van der Waals surface area contributed by atoms with Crippen molar-refractivity contribution in [2.24, 2.45) is 0 Å². The van der Waals surface area contributed by atoms with Crippen LogP contribution < -0.4 is 4.72 Å². The molecule has 0 spiro atoms. The van der Waals surface area contributed by atoms with Crippen molar-refractivity contribution in [3.8, 4) is 6.07 Å². The molecular formula is C4H8N2O2S. The van der Waals surface area contributed by atoms with E-state index in [4.69, 9.17) is 5.26 Å². The Morgan fingerprint density at radius 2 is 2.11 bits per heavy atom. The van der Waals surface area contributed by atoms with Gasteiger partial charge in [0.05, 0.1) is 12.3 Å². The van der Waals surface area contributed by atoms with E-state index in [1.54, 1.807) is 6.07 Å². The van der Waals surface area contributed by atoms with Crippen LogP contribution in [0.2, 0.25) is 0 Å². The molecule has 9 heavy (non-hydrogen) atoms. The zero-order valence-electron chi connectivity index (χ0n) is 5.25. The summed E-state index contributed by atoms with van der Waals surface area (Å²) in [6.45, 7) is 1.47. The van der Waals surface area contributed by atoms with Gasteiger partial charge in [-0.1, -0.05) is 0 Å². The molecule has 0 aliphatic heterocycles. The zero-order valence-corrected chi connectivity index (χ0v) is 6.07. The van der Waals surface area contributed by atoms with Gasteiger partial charge in [0.25, 0.3) is 0 Å². The highest BCUT2D eigenvalue weighted by molar-refractivity contribution is 7.88. The van der Waals surface area contributed by atoms with Crippen molar-refractivity contribution < 1.29 is 8.42 Å². The molecule has 0 aromatic rings. The molecule has 1 N–H and O–H groups in total. The summed E-state index contributed by atoms with van der Waals surface area (Å²) in [7, 11) is -3.21. The second-order valence-electron chi connectivity index (χ2n) is 1.74. The molecule has 0 rings (SSSR count). The Morgan fingerprint density at radius 3 is 2.22 bits per heavy atom. The van der Waals surface area contributed by atoms with Crippen molar-refractivity contribution in [3.05, 3.63) is 0 Å². The summed E-state index contributed by atoms with van der Waals surface area (Å²) in [6, 6.07) is 1.09. The third-order valence-corrected chi connectivity index (χ3v) is 1.37. The maximum Gasteiger partial charge on any atom is 0.209 e. The molecule has 0 radical (unpaired) electrons. The lowest BCUT2D eigenvalue weighted by atomic mass is 10.4. The molecule has 0 aromatic heterocycles. The lowest BCUT2D eigenvalue weighted by molar-refractivity contribution is 0.583. The molecule has 52 valence electrons. The standard InChI is InChI=1S/C4H8N2O2S/c1-4(3-5)6-9(2,7)8/h4,6H,1-2H3/t4-/m1/s1. The molecule has 0 aliphatic rings. The highest BCUT2D eigenvalue weighted by Crippen LogP contribution is 1.80. The van der Waals surface area contributed by atoms with Crippen LogP contribution in [0.3, 0.4) is 0 Å². The first-order chi connectivity index (χ1) is 3.95. The Balaban J connectivity index is 3.94. The van der Waals surface area contributed by atoms with Gasteiger partial charge in [-0.25, -0.2) is 8.42 Å². The summed E-state index contributed by atoms with van der Waals surface area (Å²) >= 11 is 0. The summed E-state index contributed by atoms with van der Waals surface area (Å²) in [5, 5.41) is 8.12. The topological polar surface area (TPSA) is 70.0 Å². The van der Waals surface area contributed by atoms with Gasteiger partial charge in [0.1, 0.15) is 6.04 Å². The molecule has 5 heteroatoms. The van der Waals surface area contributed by atoms with Crippen LogP contribution in [0.15, 0.2) is 0 Å². The lowest BCUT2D eigenvalue weighted by Gasteiger charge is -2.00. The van der Waals surface area contributed by atoms with E-state index in [-0.39, 0.29) is 0 Å². The van der Waals surface area contributed by atoms with E-state index >= 15 is 0 Å². The Hall–Kier alpha value is -0.600. The van der Waals surface area contributed by atoms with Crippen molar-refractivity contribution in [2.75, 3.05) is 6.26 Å². The number of nitrogens with zero attached hydrogens (tertiary/aromatic N) is 1. The highest BCUT2D eigenvalue weighted by atomic mass is 32.2. The van der Waals surface area contributed by atoms with Crippen molar-refractivity contribution in [3.63, 3.8) is 0 Å². The number of hydrogen-bond acceptors (Lipinski definition) is 3. The summed E-state index contributed by atoms with van der Waals surface area (Å²) in [5.74, 6) is 0. The number of nitrogens with one attached hydrogen (secondary N) is 1. The van der Waals surface area contributed by atoms with Crippen LogP contribution in [0.25, 0.3) is 0 Å². The van der Waals surface area contributed by atoms with Gasteiger partial charge in [0.15, 0.2) is 0 Å². The molecule has 4 nitrogen and oxygen atoms in total. The van der Waals surface area contributed by atoms with Gasteiger partial charge >= 0.3 is 0 Å². The smallest absolute Gasteiger partial charge is 0.209 e. The largest absolute Gasteiger partial charge is 0.213 e. The average molecular weight is 148 g/mol. The van der Waals surface area contributed by atoms with E-state index in [2.05, 4.69) is 4.72 Å². The van der Waals surface area contributed by atoms with Crippen molar-refractivity contribution in [1.29, 1.82) is 5.26 Å². The normalized spacial score (nSPS) is 14.3. The highest BCUT2D eigenvalue weighted by Gasteiger charge is 2.04. The molecule has 1 atom stereocenters. The molecule has 0 fully saturated rings. The van der Waals surface area contributed by atoms with Crippen LogP contribution in [0.5, 0.6) is 0 Å². The summed E-state index contributed by atoms with van der Waals surface area (Å²) < 4.78 is 22.8. The van der Waals surface area contributed by atoms with E-state index in [1.165, 1.54) is 6.92 Å². The fourth-order valence-corrected chi connectivity index (χ4v) is 1.04. The maximum absolute atomic E-state index is 10.3. The fraction of sp³-hybridized carbons (Fsp3) is 0.750. The predicted molar refractivity (Wildman–Crippen MR) is 33.1 cm³/mol. The van der Waals surface area contributed by atoms with Crippen LogP contribution in [0.4, 0.5) is 0 Å². The second kappa shape index (κ2) is 2.80. The van der Waals surface area contributed by atoms with Crippen molar-refractivity contribution >= 4 is 10.0 Å². The van der Waals surface area contributed by atoms with Crippen LogP contribution in [-0.4, -0.2) is 20.7 Å². The first-order valence-electron chi connectivity index (χ1n) is 2.32. The SMILES string of the molecule is C[C@H](C#N)NS(C)(=O)=O. The minimum absolute atomic E-state index is 0.639. The molecule has 0 aliphatic carbocycles. The van der Waals surface area contributed by atoms with Crippen LogP contribution >= 0.6 is 0 Å². The zero-order chi connectivity index (χ0) is 7.49. The van der Waals surface area contributed by atoms with E-state index in [0.717, 1.165) is 6.26 Å². The van der Waals surface area contributed by atoms with Crippen LogP contribution in [0, 0.1) is 11.3 Å². The van der Waals surface area contributed by atoms with Gasteiger partial charge in [0, 0.05) is 0 Å². The molecule has 0 amide bonds. The van der Waals surface area contributed by atoms with Gasteiger partial charge < -0.3 is 0 Å². The third-order valence-electron chi connectivity index (χ3n) is 0.585. The fourth-order valence-electron chi connectivity index (χ4n) is 0.347. The third kappa shape index (κ3) is 5.27. The molecule has 0 aromatic carbocycles. The monoisotopic (exact) mass is 148 g/mol. The number of sulfonamides is 1. The second-order valence-corrected chi connectivity index (χ2v) is 3.52. The Labute approximate surface area is 54.5 Å². The molecule has 0 bridgehead atoms. The number of nitriles is 1. The first-order valence-corrected chi connectivity index (χ1v) is 4.22. The first kappa shape index (κ1) is 8.40. The van der Waals surface area contributed by atoms with E-state index in [1.807, 2.05) is 0 Å². The minimum atomic E-state index is -3.21. The summed E-state index contributed by atoms with van der Waals surface area (Å²) in [4.78, 5) is 0. The van der Waals surface area contributed by atoms with Gasteiger partial charge in [-0.3, -0.25) is 0 Å². The van der Waals surface area contributed by atoms with Gasteiger partial charge in [-0.2, -0.15) is 9.98 Å². The minimum Gasteiger partial charge on any atom is -0.213 e. The van der Waals surface area contributed by atoms with Gasteiger partial charge in [0.2, 0.25) is 10.0 Å². The molecule has 0 saturated carbocycles. The molecular weight excluding hydrogens is 140 g/mol. The quantitative estimate of drug-likeness (QED) is 0.571. The summed E-state index contributed by atoms with van der Waals surface area (Å²) in [6.07, 6.45) is 1.01. The lowest BCUT2D eigenvalue weighted by Crippen LogP contribution is -2.30. The van der Waals surface area contributed by atoms with E-state index < -0.39 is 16.1 Å². The number of rotatable bonds is 2. The van der Waals surface area contributed by atoms with E-state index in [0.29, 0.717) is 0 Å². The Kier molecular flexibility index (Phi) is 2.62. The van der Waals surface area contributed by atoms with Crippen LogP contribution in [-0.2, 0) is 10.0 Å². The van der Waals surface area contributed by atoms with Gasteiger partial charge in [-0.05, 0) is 6.92 Å². The van der Waals surface area contributed by atoms with E-state index in [9.17, 15) is 8.42 Å². The van der Waals surface area contributed by atoms with Crippen molar-refractivity contribution in [1.82, 2.24) is 4.72 Å². The Bertz CT molecular complexity index is 213. The maximum atomic E-state index is 10.3.